The lowest BCUT2D eigenvalue weighted by molar-refractivity contribution is -0.121. The Morgan fingerprint density at radius 2 is 1.92 bits per heavy atom. The first-order valence-corrected chi connectivity index (χ1v) is 8.85. The van der Waals surface area contributed by atoms with Crippen LogP contribution in [0.5, 0.6) is 5.75 Å². The van der Waals surface area contributed by atoms with Crippen LogP contribution in [-0.4, -0.2) is 23.1 Å². The van der Waals surface area contributed by atoms with E-state index in [1.165, 1.54) is 16.9 Å². The van der Waals surface area contributed by atoms with E-state index in [1.807, 2.05) is 52.0 Å². The summed E-state index contributed by atoms with van der Waals surface area (Å²) in [6, 6.07) is 7.82. The number of nitrogens with one attached hydrogen (secondary N) is 1. The van der Waals surface area contributed by atoms with Crippen LogP contribution in [-0.2, 0) is 11.3 Å². The summed E-state index contributed by atoms with van der Waals surface area (Å²) >= 11 is 1.22. The van der Waals surface area contributed by atoms with Gasteiger partial charge in [-0.2, -0.15) is 0 Å². The summed E-state index contributed by atoms with van der Waals surface area (Å²) in [5.41, 5.74) is 2.12. The number of amides is 1. The van der Waals surface area contributed by atoms with Crippen molar-refractivity contribution < 1.29 is 9.53 Å². The number of ether oxygens (including phenoxy) is 1. The number of hydrogen-bond donors (Lipinski definition) is 1. The molecule has 5 nitrogen and oxygen atoms in total. The highest BCUT2D eigenvalue weighted by Gasteiger charge is 2.11. The summed E-state index contributed by atoms with van der Waals surface area (Å²) in [6.07, 6.45) is 0.165. The van der Waals surface area contributed by atoms with Gasteiger partial charge in [-0.25, -0.2) is 0 Å². The monoisotopic (exact) mass is 348 g/mol. The highest BCUT2D eigenvalue weighted by molar-refractivity contribution is 7.09. The molecule has 0 bridgehead atoms. The van der Waals surface area contributed by atoms with E-state index in [-0.39, 0.29) is 23.3 Å². The highest BCUT2D eigenvalue weighted by atomic mass is 32.1. The van der Waals surface area contributed by atoms with Crippen molar-refractivity contribution in [2.75, 3.05) is 6.54 Å². The van der Waals surface area contributed by atoms with Gasteiger partial charge in [0.2, 0.25) is 5.91 Å². The Labute approximate surface area is 146 Å². The van der Waals surface area contributed by atoms with Crippen molar-refractivity contribution in [3.63, 3.8) is 0 Å². The molecule has 0 radical (unpaired) electrons. The largest absolute Gasteiger partial charge is 0.489 e. The molecule has 0 spiro atoms. The van der Waals surface area contributed by atoms with Crippen LogP contribution in [0.4, 0.5) is 0 Å². The van der Waals surface area contributed by atoms with Gasteiger partial charge in [0, 0.05) is 23.5 Å². The van der Waals surface area contributed by atoms with E-state index in [0.717, 1.165) is 16.3 Å². The van der Waals surface area contributed by atoms with Crippen molar-refractivity contribution in [1.29, 1.82) is 0 Å². The Balaban J connectivity index is 1.76. The fourth-order valence-corrected chi connectivity index (χ4v) is 3.15. The molecule has 0 saturated heterocycles. The second-order valence-corrected chi connectivity index (χ2v) is 7.12. The molecule has 1 aromatic heterocycles. The number of carbonyl (C=O) groups excluding carboxylic acids is 1. The Bertz CT molecular complexity index is 747. The smallest absolute Gasteiger partial charge is 0.307 e. The summed E-state index contributed by atoms with van der Waals surface area (Å²) in [7, 11) is 0. The molecular formula is C18H24N2O3S. The molecule has 0 aliphatic carbocycles. The van der Waals surface area contributed by atoms with Gasteiger partial charge in [0.15, 0.2) is 0 Å². The summed E-state index contributed by atoms with van der Waals surface area (Å²) in [4.78, 5) is 24.8. The molecule has 1 amide bonds. The zero-order valence-corrected chi connectivity index (χ0v) is 15.4. The van der Waals surface area contributed by atoms with E-state index >= 15 is 0 Å². The van der Waals surface area contributed by atoms with Crippen LogP contribution in [0.3, 0.4) is 0 Å². The second-order valence-electron chi connectivity index (χ2n) is 5.96. The van der Waals surface area contributed by atoms with Crippen molar-refractivity contribution >= 4 is 17.2 Å². The molecule has 0 fully saturated rings. The minimum absolute atomic E-state index is 0.00567. The number of hydrogen-bond acceptors (Lipinski definition) is 4. The van der Waals surface area contributed by atoms with E-state index < -0.39 is 0 Å². The maximum Gasteiger partial charge on any atom is 0.307 e. The number of aromatic nitrogens is 1. The first-order chi connectivity index (χ1) is 11.4. The molecule has 1 heterocycles. The van der Waals surface area contributed by atoms with Crippen LogP contribution >= 0.6 is 11.3 Å². The zero-order valence-electron chi connectivity index (χ0n) is 14.6. The average molecular weight is 348 g/mol. The number of benzene rings is 1. The van der Waals surface area contributed by atoms with E-state index in [0.29, 0.717) is 13.1 Å². The fraction of sp³-hybridized carbons (Fsp3) is 0.444. The van der Waals surface area contributed by atoms with Crippen LogP contribution in [0.1, 0.15) is 29.5 Å². The van der Waals surface area contributed by atoms with Gasteiger partial charge in [-0.05, 0) is 39.8 Å². The molecular weight excluding hydrogens is 324 g/mol. The molecule has 0 saturated carbocycles. The third kappa shape index (κ3) is 4.96. The molecule has 0 aliphatic heterocycles. The van der Waals surface area contributed by atoms with Crippen molar-refractivity contribution in [2.24, 2.45) is 0 Å². The molecule has 0 unspecified atom stereocenters. The van der Waals surface area contributed by atoms with Gasteiger partial charge in [0.1, 0.15) is 11.9 Å². The Kier molecular flexibility index (Phi) is 6.20. The van der Waals surface area contributed by atoms with Crippen molar-refractivity contribution in [3.8, 4) is 5.75 Å². The lowest BCUT2D eigenvalue weighted by atomic mass is 10.2. The Morgan fingerprint density at radius 3 is 2.50 bits per heavy atom. The number of aryl methyl sites for hydroxylation is 2. The summed E-state index contributed by atoms with van der Waals surface area (Å²) in [6.45, 7) is 8.61. The van der Waals surface area contributed by atoms with Gasteiger partial charge < -0.3 is 14.6 Å². The van der Waals surface area contributed by atoms with Gasteiger partial charge in [-0.3, -0.25) is 9.59 Å². The standard InChI is InChI=1S/C18H24N2O3S/c1-12-5-7-16(8-6-12)23-13(2)11-19-17(21)9-10-20-14(3)15(4)24-18(20)22/h5-8,13H,9-11H2,1-4H3,(H,19,21)/t13-/m0/s1. The summed E-state index contributed by atoms with van der Waals surface area (Å²) in [5.74, 6) is 0.711. The number of thiazole rings is 1. The van der Waals surface area contributed by atoms with Crippen LogP contribution < -0.4 is 14.9 Å². The minimum atomic E-state index is -0.121. The van der Waals surface area contributed by atoms with Crippen molar-refractivity contribution in [2.45, 2.75) is 46.8 Å². The molecule has 24 heavy (non-hydrogen) atoms. The van der Waals surface area contributed by atoms with Crippen molar-refractivity contribution in [1.82, 2.24) is 9.88 Å². The van der Waals surface area contributed by atoms with Gasteiger partial charge in [0.25, 0.3) is 0 Å². The fourth-order valence-electron chi connectivity index (χ4n) is 2.30. The normalized spacial score (nSPS) is 12.0. The molecule has 1 N–H and O–H groups in total. The van der Waals surface area contributed by atoms with Gasteiger partial charge in [-0.15, -0.1) is 0 Å². The van der Waals surface area contributed by atoms with Crippen LogP contribution in [0, 0.1) is 20.8 Å². The van der Waals surface area contributed by atoms with Crippen LogP contribution in [0.2, 0.25) is 0 Å². The predicted octanol–water partition coefficient (Wildman–Crippen LogP) is 2.81. The van der Waals surface area contributed by atoms with E-state index in [9.17, 15) is 9.59 Å². The highest BCUT2D eigenvalue weighted by Crippen LogP contribution is 2.13. The molecule has 2 aromatic rings. The topological polar surface area (TPSA) is 60.3 Å². The number of carbonyl (C=O) groups is 1. The van der Waals surface area contributed by atoms with Gasteiger partial charge >= 0.3 is 4.87 Å². The lowest BCUT2D eigenvalue weighted by Gasteiger charge is -2.15. The number of rotatable bonds is 7. The minimum Gasteiger partial charge on any atom is -0.489 e. The Hall–Kier alpha value is -2.08. The molecule has 0 aliphatic rings. The summed E-state index contributed by atoms with van der Waals surface area (Å²) in [5, 5.41) is 2.85. The molecule has 1 aromatic carbocycles. The first kappa shape index (κ1) is 18.3. The summed E-state index contributed by atoms with van der Waals surface area (Å²) < 4.78 is 7.41. The molecule has 130 valence electrons. The average Bonchev–Trinajstić information content (AvgIpc) is 2.78. The number of nitrogens with zero attached hydrogens (tertiary/aromatic N) is 1. The van der Waals surface area contributed by atoms with Crippen LogP contribution in [0.15, 0.2) is 29.1 Å². The third-order valence-corrected chi connectivity index (χ3v) is 4.88. The maximum absolute atomic E-state index is 12.0. The SMILES string of the molecule is Cc1ccc(O[C@@H](C)CNC(=O)CCn2c(C)c(C)sc2=O)cc1. The second kappa shape index (κ2) is 8.15. The van der Waals surface area contributed by atoms with E-state index in [2.05, 4.69) is 5.32 Å². The molecule has 6 heteroatoms. The van der Waals surface area contributed by atoms with E-state index in [1.54, 1.807) is 4.57 Å². The molecule has 1 atom stereocenters. The zero-order chi connectivity index (χ0) is 17.7. The third-order valence-electron chi connectivity index (χ3n) is 3.88. The van der Waals surface area contributed by atoms with Gasteiger partial charge in [0.05, 0.1) is 6.54 Å². The van der Waals surface area contributed by atoms with Crippen LogP contribution in [0.25, 0.3) is 0 Å². The van der Waals surface area contributed by atoms with E-state index in [4.69, 9.17) is 4.74 Å². The quantitative estimate of drug-likeness (QED) is 0.837. The van der Waals surface area contributed by atoms with Gasteiger partial charge in [-0.1, -0.05) is 29.0 Å². The van der Waals surface area contributed by atoms with Crippen molar-refractivity contribution in [3.05, 3.63) is 50.1 Å². The molecule has 2 rings (SSSR count). The predicted molar refractivity (Wildman–Crippen MR) is 96.9 cm³/mol. The maximum atomic E-state index is 12.0. The Morgan fingerprint density at radius 1 is 1.25 bits per heavy atom. The lowest BCUT2D eigenvalue weighted by Crippen LogP contribution is -2.34. The first-order valence-electron chi connectivity index (χ1n) is 8.03.